The molecule has 0 saturated carbocycles. The summed E-state index contributed by atoms with van der Waals surface area (Å²) in [4.78, 5) is 25.7. The van der Waals surface area contributed by atoms with E-state index in [1.165, 1.54) is 24.3 Å². The highest BCUT2D eigenvalue weighted by Crippen LogP contribution is 2.05. The zero-order valence-electron chi connectivity index (χ0n) is 7.06. The standard InChI is InChI=1S/C8H8N2O4/c9-10-14-8(13)6-3-1-5(2-4-6)7(11)12/h1-4,10H,9H2,(H,11,12). The quantitative estimate of drug-likeness (QED) is 0.461. The van der Waals surface area contributed by atoms with Crippen molar-refractivity contribution < 1.29 is 19.5 Å². The van der Waals surface area contributed by atoms with E-state index in [4.69, 9.17) is 10.9 Å². The zero-order valence-corrected chi connectivity index (χ0v) is 7.06. The van der Waals surface area contributed by atoms with Crippen molar-refractivity contribution in [2.45, 2.75) is 0 Å². The van der Waals surface area contributed by atoms with Gasteiger partial charge in [-0.25, -0.2) is 15.4 Å². The maximum absolute atomic E-state index is 11.0. The molecule has 0 aliphatic carbocycles. The number of hydrogen-bond acceptors (Lipinski definition) is 5. The molecule has 1 aromatic carbocycles. The monoisotopic (exact) mass is 196 g/mol. The Morgan fingerprint density at radius 2 is 1.71 bits per heavy atom. The van der Waals surface area contributed by atoms with Crippen molar-refractivity contribution in [2.75, 3.05) is 0 Å². The first-order chi connectivity index (χ1) is 6.65. The first-order valence-electron chi connectivity index (χ1n) is 3.65. The highest BCUT2D eigenvalue weighted by Gasteiger charge is 2.08. The maximum Gasteiger partial charge on any atom is 0.357 e. The fraction of sp³-hybridized carbons (Fsp3) is 0. The number of aromatic carboxylic acids is 1. The van der Waals surface area contributed by atoms with Crippen molar-refractivity contribution >= 4 is 11.9 Å². The predicted molar refractivity (Wildman–Crippen MR) is 46.1 cm³/mol. The molecule has 0 aliphatic rings. The molecule has 0 aliphatic heterocycles. The van der Waals surface area contributed by atoms with Crippen molar-refractivity contribution in [3.63, 3.8) is 0 Å². The molecule has 0 unspecified atom stereocenters. The summed E-state index contributed by atoms with van der Waals surface area (Å²) in [5, 5.41) is 8.57. The Kier molecular flexibility index (Phi) is 3.16. The van der Waals surface area contributed by atoms with Gasteiger partial charge in [0.2, 0.25) is 0 Å². The van der Waals surface area contributed by atoms with Gasteiger partial charge in [-0.15, -0.1) is 0 Å². The SMILES string of the molecule is NNOC(=O)c1ccc(C(=O)O)cc1. The highest BCUT2D eigenvalue weighted by atomic mass is 16.7. The molecule has 0 radical (unpaired) electrons. The normalized spacial score (nSPS) is 9.50. The molecule has 0 saturated heterocycles. The molecule has 1 aromatic rings. The first kappa shape index (κ1) is 10.2. The molecule has 0 heterocycles. The third kappa shape index (κ3) is 2.28. The number of carboxylic acids is 1. The summed E-state index contributed by atoms with van der Waals surface area (Å²) in [6, 6.07) is 5.27. The minimum absolute atomic E-state index is 0.0993. The van der Waals surface area contributed by atoms with Gasteiger partial charge < -0.3 is 9.94 Å². The lowest BCUT2D eigenvalue weighted by atomic mass is 10.1. The minimum Gasteiger partial charge on any atom is -0.478 e. The number of carbonyl (C=O) groups excluding carboxylic acids is 1. The van der Waals surface area contributed by atoms with Gasteiger partial charge in [0.15, 0.2) is 0 Å². The van der Waals surface area contributed by atoms with Crippen LogP contribution in [0.3, 0.4) is 0 Å². The second-order valence-electron chi connectivity index (χ2n) is 2.39. The van der Waals surface area contributed by atoms with Crippen molar-refractivity contribution in [1.29, 1.82) is 0 Å². The minimum atomic E-state index is -1.05. The largest absolute Gasteiger partial charge is 0.478 e. The van der Waals surface area contributed by atoms with Crippen LogP contribution in [0.5, 0.6) is 0 Å². The van der Waals surface area contributed by atoms with Crippen LogP contribution in [0.4, 0.5) is 0 Å². The third-order valence-electron chi connectivity index (χ3n) is 1.52. The van der Waals surface area contributed by atoms with E-state index < -0.39 is 11.9 Å². The van der Waals surface area contributed by atoms with E-state index in [2.05, 4.69) is 4.84 Å². The lowest BCUT2D eigenvalue weighted by Crippen LogP contribution is -2.26. The van der Waals surface area contributed by atoms with E-state index in [1.54, 1.807) is 5.59 Å². The van der Waals surface area contributed by atoms with Gasteiger partial charge in [0, 0.05) is 0 Å². The molecular formula is C8H8N2O4. The molecule has 4 N–H and O–H groups in total. The van der Waals surface area contributed by atoms with Crippen molar-refractivity contribution in [3.05, 3.63) is 35.4 Å². The summed E-state index contributed by atoms with van der Waals surface area (Å²) in [5.74, 6) is 3.03. The van der Waals surface area contributed by atoms with Crippen molar-refractivity contribution in [1.82, 2.24) is 5.59 Å². The number of carboxylic acid groups (broad SMARTS) is 1. The second kappa shape index (κ2) is 4.35. The Hall–Kier alpha value is -1.92. The van der Waals surface area contributed by atoms with Crippen LogP contribution in [-0.4, -0.2) is 17.0 Å². The third-order valence-corrected chi connectivity index (χ3v) is 1.52. The average molecular weight is 196 g/mol. The molecule has 6 heteroatoms. The number of hydrogen-bond donors (Lipinski definition) is 3. The fourth-order valence-corrected chi connectivity index (χ4v) is 0.861. The van der Waals surface area contributed by atoms with Crippen LogP contribution in [0.15, 0.2) is 24.3 Å². The smallest absolute Gasteiger partial charge is 0.357 e. The van der Waals surface area contributed by atoms with Crippen LogP contribution in [0, 0.1) is 0 Å². The van der Waals surface area contributed by atoms with E-state index in [0.29, 0.717) is 0 Å². The Morgan fingerprint density at radius 3 is 2.14 bits per heavy atom. The molecule has 0 aromatic heterocycles. The van der Waals surface area contributed by atoms with E-state index in [1.807, 2.05) is 0 Å². The van der Waals surface area contributed by atoms with Crippen LogP contribution in [0.25, 0.3) is 0 Å². The number of carbonyl (C=O) groups is 2. The van der Waals surface area contributed by atoms with Crippen molar-refractivity contribution in [3.8, 4) is 0 Å². The summed E-state index contributed by atoms with van der Waals surface area (Å²) >= 11 is 0. The summed E-state index contributed by atoms with van der Waals surface area (Å²) < 4.78 is 0. The van der Waals surface area contributed by atoms with Crippen molar-refractivity contribution in [2.24, 2.45) is 5.84 Å². The molecule has 0 bridgehead atoms. The number of nitrogens with one attached hydrogen (secondary N) is 1. The van der Waals surface area contributed by atoms with E-state index in [0.717, 1.165) is 0 Å². The highest BCUT2D eigenvalue weighted by molar-refractivity contribution is 5.92. The summed E-state index contributed by atoms with van der Waals surface area (Å²) in [6.07, 6.45) is 0. The number of rotatable bonds is 3. The second-order valence-corrected chi connectivity index (χ2v) is 2.39. The molecule has 6 nitrogen and oxygen atoms in total. The number of benzene rings is 1. The Morgan fingerprint density at radius 1 is 1.21 bits per heavy atom. The van der Waals surface area contributed by atoms with Gasteiger partial charge in [-0.3, -0.25) is 0 Å². The van der Waals surface area contributed by atoms with Gasteiger partial charge in [-0.2, -0.15) is 0 Å². The van der Waals surface area contributed by atoms with Gasteiger partial charge >= 0.3 is 11.9 Å². The summed E-state index contributed by atoms with van der Waals surface area (Å²) in [5.41, 5.74) is 2.05. The van der Waals surface area contributed by atoms with Crippen LogP contribution >= 0.6 is 0 Å². The van der Waals surface area contributed by atoms with Crippen LogP contribution in [0.2, 0.25) is 0 Å². The molecule has 14 heavy (non-hydrogen) atoms. The van der Waals surface area contributed by atoms with Gasteiger partial charge in [0.1, 0.15) is 0 Å². The Labute approximate surface area is 79.2 Å². The maximum atomic E-state index is 11.0. The van der Waals surface area contributed by atoms with Gasteiger partial charge in [-0.05, 0) is 24.3 Å². The molecule has 0 atom stereocenters. The fourth-order valence-electron chi connectivity index (χ4n) is 0.861. The summed E-state index contributed by atoms with van der Waals surface area (Å²) in [7, 11) is 0. The van der Waals surface area contributed by atoms with Crippen LogP contribution in [0.1, 0.15) is 20.7 Å². The Balaban J connectivity index is 2.83. The molecule has 1 rings (SSSR count). The van der Waals surface area contributed by atoms with Crippen LogP contribution < -0.4 is 11.4 Å². The molecule has 0 fully saturated rings. The predicted octanol–water partition coefficient (Wildman–Crippen LogP) is -0.0801. The van der Waals surface area contributed by atoms with Gasteiger partial charge in [0.05, 0.1) is 11.1 Å². The van der Waals surface area contributed by atoms with E-state index in [9.17, 15) is 9.59 Å². The average Bonchev–Trinajstić information content (AvgIpc) is 2.18. The van der Waals surface area contributed by atoms with E-state index >= 15 is 0 Å². The zero-order chi connectivity index (χ0) is 10.6. The summed E-state index contributed by atoms with van der Waals surface area (Å²) in [6.45, 7) is 0. The topological polar surface area (TPSA) is 102 Å². The van der Waals surface area contributed by atoms with Gasteiger partial charge in [0.25, 0.3) is 0 Å². The molecular weight excluding hydrogens is 188 g/mol. The molecule has 74 valence electrons. The van der Waals surface area contributed by atoms with Crippen LogP contribution in [-0.2, 0) is 4.84 Å². The lowest BCUT2D eigenvalue weighted by Gasteiger charge is -2.00. The molecule has 0 spiro atoms. The number of nitrogens with two attached hydrogens (primary N) is 1. The van der Waals surface area contributed by atoms with Gasteiger partial charge in [-0.1, -0.05) is 5.59 Å². The first-order valence-corrected chi connectivity index (χ1v) is 3.65. The number of hydrazine groups is 1. The molecule has 0 amide bonds. The Bertz CT molecular complexity index is 347. The lowest BCUT2D eigenvalue weighted by molar-refractivity contribution is 0.0253. The van der Waals surface area contributed by atoms with E-state index in [-0.39, 0.29) is 11.1 Å².